The van der Waals surface area contributed by atoms with Gasteiger partial charge >= 0.3 is 0 Å². The summed E-state index contributed by atoms with van der Waals surface area (Å²) in [4.78, 5) is 11.3. The van der Waals surface area contributed by atoms with E-state index in [1.54, 1.807) is 0 Å². The zero-order valence-electron chi connectivity index (χ0n) is 27.5. The maximum Gasteiger partial charge on any atom is 0.135 e. The van der Waals surface area contributed by atoms with Crippen LogP contribution in [-0.2, 0) is 0 Å². The summed E-state index contributed by atoms with van der Waals surface area (Å²) in [5, 5.41) is 4.72. The molecule has 5 nitrogen and oxygen atoms in total. The second-order valence-electron chi connectivity index (χ2n) is 13.5. The first-order valence-corrected chi connectivity index (χ1v) is 17.4. The zero-order chi connectivity index (χ0) is 33.5. The van der Waals surface area contributed by atoms with Crippen molar-refractivity contribution in [3.05, 3.63) is 170 Å². The Kier molecular flexibility index (Phi) is 6.01. The van der Waals surface area contributed by atoms with E-state index in [1.165, 1.54) is 38.5 Å². The molecular formula is C46H30N4O. The minimum atomic E-state index is 0.108. The van der Waals surface area contributed by atoms with Gasteiger partial charge in [-0.15, -0.1) is 0 Å². The number of fused-ring (bicyclic) bond motifs is 9. The summed E-state index contributed by atoms with van der Waals surface area (Å²) in [6.07, 6.45) is 9.99. The average molecular weight is 655 g/mol. The van der Waals surface area contributed by atoms with Crippen LogP contribution >= 0.6 is 0 Å². The minimum Gasteiger partial charge on any atom is -0.456 e. The SMILES string of the molecule is C1=CC2c3ccncc3N(c3ccc4oc5ccc(-c6cccc(-c7cccc(-n8c9ccccc9c9ccccc98)c7)c6)cc5c4c3)C2C=N1. The Morgan fingerprint density at radius 3 is 2.04 bits per heavy atom. The molecule has 0 aliphatic carbocycles. The largest absolute Gasteiger partial charge is 0.456 e. The van der Waals surface area contributed by atoms with Crippen LogP contribution in [-0.4, -0.2) is 21.8 Å². The molecule has 9 aromatic rings. The van der Waals surface area contributed by atoms with Gasteiger partial charge in [0.25, 0.3) is 0 Å². The van der Waals surface area contributed by atoms with Crippen molar-refractivity contribution in [2.24, 2.45) is 4.99 Å². The van der Waals surface area contributed by atoms with Crippen molar-refractivity contribution in [3.63, 3.8) is 0 Å². The van der Waals surface area contributed by atoms with Gasteiger partial charge in [0.2, 0.25) is 0 Å². The highest BCUT2D eigenvalue weighted by molar-refractivity contribution is 6.10. The molecule has 0 amide bonds. The van der Waals surface area contributed by atoms with Crippen LogP contribution in [0.25, 0.3) is 71.7 Å². The monoisotopic (exact) mass is 654 g/mol. The first-order chi connectivity index (χ1) is 25.3. The lowest BCUT2D eigenvalue weighted by Crippen LogP contribution is -2.32. The van der Waals surface area contributed by atoms with E-state index in [1.807, 2.05) is 24.8 Å². The van der Waals surface area contributed by atoms with Gasteiger partial charge in [0.1, 0.15) is 11.2 Å². The minimum absolute atomic E-state index is 0.108. The van der Waals surface area contributed by atoms with Crippen LogP contribution in [0.15, 0.2) is 174 Å². The highest BCUT2D eigenvalue weighted by Gasteiger charge is 2.38. The predicted molar refractivity (Wildman–Crippen MR) is 209 cm³/mol. The van der Waals surface area contributed by atoms with Gasteiger partial charge in [-0.25, -0.2) is 0 Å². The van der Waals surface area contributed by atoms with Crippen molar-refractivity contribution in [2.75, 3.05) is 4.90 Å². The molecule has 0 bridgehead atoms. The summed E-state index contributed by atoms with van der Waals surface area (Å²) < 4.78 is 8.74. The number of para-hydroxylation sites is 2. The number of furan rings is 1. The lowest BCUT2D eigenvalue weighted by molar-refractivity contribution is 0.669. The topological polar surface area (TPSA) is 46.6 Å². The quantitative estimate of drug-likeness (QED) is 0.190. The van der Waals surface area contributed by atoms with Gasteiger partial charge in [-0.2, -0.15) is 0 Å². The van der Waals surface area contributed by atoms with Crippen molar-refractivity contribution in [2.45, 2.75) is 12.0 Å². The molecule has 5 heterocycles. The van der Waals surface area contributed by atoms with Crippen molar-refractivity contribution in [1.82, 2.24) is 9.55 Å². The molecule has 51 heavy (non-hydrogen) atoms. The van der Waals surface area contributed by atoms with Crippen LogP contribution in [0, 0.1) is 0 Å². The van der Waals surface area contributed by atoms with E-state index in [0.29, 0.717) is 0 Å². The van der Waals surface area contributed by atoms with Gasteiger partial charge in [0, 0.05) is 57.4 Å². The van der Waals surface area contributed by atoms with Crippen molar-refractivity contribution < 1.29 is 4.42 Å². The van der Waals surface area contributed by atoms with Gasteiger partial charge in [-0.1, -0.05) is 78.9 Å². The number of anilines is 2. The number of hydrogen-bond acceptors (Lipinski definition) is 4. The molecule has 2 aliphatic rings. The number of rotatable bonds is 4. The number of nitrogens with zero attached hydrogens (tertiary/aromatic N) is 4. The fraction of sp³-hybridized carbons (Fsp3) is 0.0435. The van der Waals surface area contributed by atoms with E-state index in [-0.39, 0.29) is 12.0 Å². The molecule has 2 atom stereocenters. The first kappa shape index (κ1) is 28.2. The van der Waals surface area contributed by atoms with E-state index in [2.05, 4.69) is 165 Å². The molecule has 3 aromatic heterocycles. The molecule has 240 valence electrons. The zero-order valence-corrected chi connectivity index (χ0v) is 27.5. The third-order valence-corrected chi connectivity index (χ3v) is 10.7. The molecule has 2 unspecified atom stereocenters. The Morgan fingerprint density at radius 1 is 0.549 bits per heavy atom. The van der Waals surface area contributed by atoms with Crippen LogP contribution in [0.4, 0.5) is 11.4 Å². The van der Waals surface area contributed by atoms with Crippen LogP contribution in [0.3, 0.4) is 0 Å². The normalized spacial score (nSPS) is 16.4. The Morgan fingerprint density at radius 2 is 1.24 bits per heavy atom. The van der Waals surface area contributed by atoms with Crippen LogP contribution in [0.2, 0.25) is 0 Å². The molecule has 0 fully saturated rings. The van der Waals surface area contributed by atoms with Crippen molar-refractivity contribution >= 4 is 61.3 Å². The van der Waals surface area contributed by atoms with E-state index in [0.717, 1.165) is 50.1 Å². The Hall–Kier alpha value is -6.72. The molecule has 0 radical (unpaired) electrons. The number of pyridine rings is 1. The standard InChI is InChI=1S/C46H30N4O/c1-3-13-41-35(11-1)36-12-2-4-14-42(36)49(41)33-10-6-9-31(24-33)29-7-5-8-30(23-29)32-15-17-45-39(25-32)40-26-34(16-18-46(40)51-45)50-43-27-47-21-19-37(43)38-20-22-48-28-44(38)50/h1-28,37,43H. The van der Waals surface area contributed by atoms with Crippen LogP contribution in [0.1, 0.15) is 11.5 Å². The predicted octanol–water partition coefficient (Wildman–Crippen LogP) is 11.6. The summed E-state index contributed by atoms with van der Waals surface area (Å²) in [6.45, 7) is 0. The van der Waals surface area contributed by atoms with Crippen LogP contribution in [0.5, 0.6) is 0 Å². The van der Waals surface area contributed by atoms with Gasteiger partial charge < -0.3 is 13.9 Å². The van der Waals surface area contributed by atoms with Crippen molar-refractivity contribution in [3.8, 4) is 27.9 Å². The summed E-state index contributed by atoms with van der Waals surface area (Å²) >= 11 is 0. The van der Waals surface area contributed by atoms with E-state index >= 15 is 0 Å². The summed E-state index contributed by atoms with van der Waals surface area (Å²) in [6, 6.07) is 50.3. The van der Waals surface area contributed by atoms with Gasteiger partial charge in [-0.05, 0) is 94.5 Å². The molecule has 2 aliphatic heterocycles. The van der Waals surface area contributed by atoms with E-state index in [9.17, 15) is 0 Å². The number of benzene rings is 6. The molecule has 0 saturated heterocycles. The summed E-state index contributed by atoms with van der Waals surface area (Å²) in [5.74, 6) is 0.249. The number of aromatic nitrogens is 2. The fourth-order valence-electron chi connectivity index (χ4n) is 8.35. The summed E-state index contributed by atoms with van der Waals surface area (Å²) in [5.41, 5.74) is 13.5. The van der Waals surface area contributed by atoms with Gasteiger partial charge in [0.05, 0.1) is 29.0 Å². The number of hydrogen-bond donors (Lipinski definition) is 0. The lowest BCUT2D eigenvalue weighted by Gasteiger charge is -2.27. The molecule has 0 N–H and O–H groups in total. The highest BCUT2D eigenvalue weighted by atomic mass is 16.3. The molecule has 11 rings (SSSR count). The molecule has 0 spiro atoms. The van der Waals surface area contributed by atoms with Crippen LogP contribution < -0.4 is 4.90 Å². The highest BCUT2D eigenvalue weighted by Crippen LogP contribution is 2.47. The smallest absolute Gasteiger partial charge is 0.135 e. The Bertz CT molecular complexity index is 2860. The van der Waals surface area contributed by atoms with Gasteiger partial charge in [0.15, 0.2) is 0 Å². The average Bonchev–Trinajstić information content (AvgIpc) is 3.85. The maximum atomic E-state index is 6.37. The third kappa shape index (κ3) is 4.28. The lowest BCUT2D eigenvalue weighted by atomic mass is 9.95. The molecular weight excluding hydrogens is 625 g/mol. The van der Waals surface area contributed by atoms with Gasteiger partial charge in [-0.3, -0.25) is 9.98 Å². The molecule has 6 aromatic carbocycles. The van der Waals surface area contributed by atoms with Crippen molar-refractivity contribution in [1.29, 1.82) is 0 Å². The Balaban J connectivity index is 0.989. The fourth-order valence-corrected chi connectivity index (χ4v) is 8.35. The third-order valence-electron chi connectivity index (χ3n) is 10.7. The second-order valence-corrected chi connectivity index (χ2v) is 13.5. The molecule has 0 saturated carbocycles. The maximum absolute atomic E-state index is 6.37. The number of aliphatic imine (C=N–C) groups is 1. The second kappa shape index (κ2) is 10.9. The summed E-state index contributed by atoms with van der Waals surface area (Å²) in [7, 11) is 0. The van der Waals surface area contributed by atoms with E-state index < -0.39 is 0 Å². The van der Waals surface area contributed by atoms with E-state index in [4.69, 9.17) is 4.42 Å². The molecule has 5 heteroatoms. The Labute approximate surface area is 294 Å². The first-order valence-electron chi connectivity index (χ1n) is 17.4.